The van der Waals surface area contributed by atoms with Crippen LogP contribution in [0.4, 0.5) is 26.3 Å². The second-order valence-electron chi connectivity index (χ2n) is 4.96. The Hall–Kier alpha value is -2.28. The Labute approximate surface area is 133 Å². The number of benzene rings is 2. The predicted octanol–water partition coefficient (Wildman–Crippen LogP) is 5.15. The number of hydrogen-bond acceptors (Lipinski definition) is 1. The molecule has 0 amide bonds. The lowest BCUT2D eigenvalue weighted by molar-refractivity contribution is -0.138. The molecule has 0 atom stereocenters. The molecule has 7 heteroatoms. The summed E-state index contributed by atoms with van der Waals surface area (Å²) in [5, 5.41) is 9.10. The molecule has 0 unspecified atom stereocenters. The molecular formula is C17H12F6O. The van der Waals surface area contributed by atoms with Crippen LogP contribution >= 0.6 is 0 Å². The number of aliphatic hydroxyl groups is 1. The van der Waals surface area contributed by atoms with E-state index in [0.29, 0.717) is 0 Å². The maximum absolute atomic E-state index is 12.8. The molecule has 2 aromatic carbocycles. The lowest BCUT2D eigenvalue weighted by Crippen LogP contribution is -2.06. The van der Waals surface area contributed by atoms with Gasteiger partial charge in [0.15, 0.2) is 0 Å². The molecule has 1 nitrogen and oxygen atoms in total. The zero-order valence-electron chi connectivity index (χ0n) is 12.1. The third kappa shape index (κ3) is 4.17. The van der Waals surface area contributed by atoms with Crippen LogP contribution in [-0.4, -0.2) is 11.7 Å². The van der Waals surface area contributed by atoms with E-state index >= 15 is 0 Å². The molecule has 0 aliphatic carbocycles. The third-order valence-corrected chi connectivity index (χ3v) is 3.30. The Balaban J connectivity index is 2.55. The Morgan fingerprint density at radius 2 is 1.21 bits per heavy atom. The zero-order chi connectivity index (χ0) is 18.0. The SMILES string of the molecule is OCC=C(c1cccc(C(F)(F)F)c1)c1cccc(C(F)(F)F)c1. The molecule has 0 aliphatic heterocycles. The van der Waals surface area contributed by atoms with Crippen molar-refractivity contribution in [2.24, 2.45) is 0 Å². The first-order valence-electron chi connectivity index (χ1n) is 6.79. The number of halogens is 6. The Morgan fingerprint density at radius 3 is 1.54 bits per heavy atom. The Bertz CT molecular complexity index is 684. The van der Waals surface area contributed by atoms with Crippen LogP contribution in [0.15, 0.2) is 54.6 Å². The summed E-state index contributed by atoms with van der Waals surface area (Å²) >= 11 is 0. The number of aliphatic hydroxyl groups excluding tert-OH is 1. The first-order valence-corrected chi connectivity index (χ1v) is 6.79. The number of hydrogen-bond donors (Lipinski definition) is 1. The minimum atomic E-state index is -4.58. The smallest absolute Gasteiger partial charge is 0.392 e. The van der Waals surface area contributed by atoms with Crippen LogP contribution in [0, 0.1) is 0 Å². The minimum Gasteiger partial charge on any atom is -0.392 e. The molecule has 0 aromatic heterocycles. The maximum atomic E-state index is 12.8. The van der Waals surface area contributed by atoms with Gasteiger partial charge in [0.1, 0.15) is 0 Å². The standard InChI is InChI=1S/C17H12F6O/c18-16(19,20)13-5-1-3-11(9-13)15(7-8-24)12-4-2-6-14(10-12)17(21,22)23/h1-7,9-10,24H,8H2. The predicted molar refractivity (Wildman–Crippen MR) is 77.1 cm³/mol. The van der Waals surface area contributed by atoms with E-state index in [0.717, 1.165) is 36.4 Å². The second kappa shape index (κ2) is 6.68. The first-order chi connectivity index (χ1) is 11.1. The van der Waals surface area contributed by atoms with E-state index in [1.807, 2.05) is 0 Å². The molecule has 0 bridgehead atoms. The lowest BCUT2D eigenvalue weighted by Gasteiger charge is -2.14. The van der Waals surface area contributed by atoms with Crippen molar-refractivity contribution in [2.45, 2.75) is 12.4 Å². The summed E-state index contributed by atoms with van der Waals surface area (Å²) in [6, 6.07) is 8.42. The van der Waals surface area contributed by atoms with E-state index in [1.54, 1.807) is 0 Å². The molecule has 0 heterocycles. The molecule has 128 valence electrons. The molecular weight excluding hydrogens is 334 g/mol. The summed E-state index contributed by atoms with van der Waals surface area (Å²) in [5.74, 6) is 0. The fourth-order valence-electron chi connectivity index (χ4n) is 2.22. The van der Waals surface area contributed by atoms with Crippen LogP contribution in [0.25, 0.3) is 5.57 Å². The van der Waals surface area contributed by atoms with Gasteiger partial charge in [0.25, 0.3) is 0 Å². The lowest BCUT2D eigenvalue weighted by atomic mass is 9.94. The molecule has 2 rings (SSSR count). The van der Waals surface area contributed by atoms with Crippen LogP contribution in [0.5, 0.6) is 0 Å². The fourth-order valence-corrected chi connectivity index (χ4v) is 2.22. The van der Waals surface area contributed by atoms with Crippen LogP contribution in [0.1, 0.15) is 22.3 Å². The van der Waals surface area contributed by atoms with E-state index in [4.69, 9.17) is 5.11 Å². The van der Waals surface area contributed by atoms with Gasteiger partial charge in [-0.3, -0.25) is 0 Å². The molecule has 0 aliphatic rings. The summed E-state index contributed by atoms with van der Waals surface area (Å²) in [4.78, 5) is 0. The van der Waals surface area contributed by atoms with Gasteiger partial charge in [-0.15, -0.1) is 0 Å². The normalized spacial score (nSPS) is 12.1. The van der Waals surface area contributed by atoms with Crippen LogP contribution in [0.3, 0.4) is 0 Å². The zero-order valence-corrected chi connectivity index (χ0v) is 12.1. The molecule has 24 heavy (non-hydrogen) atoms. The summed E-state index contributed by atoms with van der Waals surface area (Å²) in [7, 11) is 0. The minimum absolute atomic E-state index is 0.0678. The third-order valence-electron chi connectivity index (χ3n) is 3.30. The average molecular weight is 346 g/mol. The molecule has 0 saturated heterocycles. The molecule has 0 spiro atoms. The molecule has 2 aromatic rings. The van der Waals surface area contributed by atoms with Crippen LogP contribution in [0.2, 0.25) is 0 Å². The van der Waals surface area contributed by atoms with Gasteiger partial charge in [-0.25, -0.2) is 0 Å². The van der Waals surface area contributed by atoms with Gasteiger partial charge >= 0.3 is 12.4 Å². The Morgan fingerprint density at radius 1 is 0.792 bits per heavy atom. The summed E-state index contributed by atoms with van der Waals surface area (Å²) in [6.07, 6.45) is -7.98. The van der Waals surface area contributed by atoms with Crippen molar-refractivity contribution < 1.29 is 31.4 Å². The molecule has 0 radical (unpaired) electrons. The second-order valence-corrected chi connectivity index (χ2v) is 4.96. The van der Waals surface area contributed by atoms with E-state index < -0.39 is 30.1 Å². The number of rotatable bonds is 3. The maximum Gasteiger partial charge on any atom is 0.416 e. The average Bonchev–Trinajstić information content (AvgIpc) is 2.51. The highest BCUT2D eigenvalue weighted by atomic mass is 19.4. The highest BCUT2D eigenvalue weighted by molar-refractivity contribution is 5.80. The number of alkyl halides is 6. The van der Waals surface area contributed by atoms with Crippen LogP contribution < -0.4 is 0 Å². The van der Waals surface area contributed by atoms with Crippen molar-refractivity contribution in [2.75, 3.05) is 6.61 Å². The summed E-state index contributed by atoms with van der Waals surface area (Å²) < 4.78 is 76.9. The quantitative estimate of drug-likeness (QED) is 0.762. The first kappa shape index (κ1) is 18.1. The van der Waals surface area contributed by atoms with Crippen molar-refractivity contribution in [1.29, 1.82) is 0 Å². The van der Waals surface area contributed by atoms with Gasteiger partial charge in [-0.05, 0) is 41.0 Å². The largest absolute Gasteiger partial charge is 0.416 e. The molecule has 1 N–H and O–H groups in total. The van der Waals surface area contributed by atoms with Gasteiger partial charge in [-0.1, -0.05) is 30.3 Å². The van der Waals surface area contributed by atoms with Crippen molar-refractivity contribution in [3.05, 3.63) is 76.9 Å². The van der Waals surface area contributed by atoms with Gasteiger partial charge < -0.3 is 5.11 Å². The van der Waals surface area contributed by atoms with E-state index in [1.165, 1.54) is 18.2 Å². The summed E-state index contributed by atoms with van der Waals surface area (Å²) in [5.41, 5.74) is -1.61. The van der Waals surface area contributed by atoms with Gasteiger partial charge in [0.2, 0.25) is 0 Å². The highest BCUT2D eigenvalue weighted by Gasteiger charge is 2.32. The van der Waals surface area contributed by atoms with Crippen molar-refractivity contribution in [3.63, 3.8) is 0 Å². The van der Waals surface area contributed by atoms with Crippen LogP contribution in [-0.2, 0) is 12.4 Å². The summed E-state index contributed by atoms with van der Waals surface area (Å²) in [6.45, 7) is -0.526. The van der Waals surface area contributed by atoms with E-state index in [2.05, 4.69) is 0 Å². The highest BCUT2D eigenvalue weighted by Crippen LogP contribution is 2.35. The van der Waals surface area contributed by atoms with Crippen molar-refractivity contribution in [1.82, 2.24) is 0 Å². The van der Waals surface area contributed by atoms with E-state index in [9.17, 15) is 26.3 Å². The topological polar surface area (TPSA) is 20.2 Å². The van der Waals surface area contributed by atoms with Crippen molar-refractivity contribution in [3.8, 4) is 0 Å². The Kier molecular flexibility index (Phi) is 5.03. The van der Waals surface area contributed by atoms with Crippen molar-refractivity contribution >= 4 is 5.57 Å². The van der Waals surface area contributed by atoms with Gasteiger partial charge in [0.05, 0.1) is 17.7 Å². The van der Waals surface area contributed by atoms with Gasteiger partial charge in [-0.2, -0.15) is 26.3 Å². The molecule has 0 fully saturated rings. The van der Waals surface area contributed by atoms with E-state index in [-0.39, 0.29) is 16.7 Å². The molecule has 0 saturated carbocycles. The fraction of sp³-hybridized carbons (Fsp3) is 0.176. The van der Waals surface area contributed by atoms with Gasteiger partial charge in [0, 0.05) is 0 Å². The monoisotopic (exact) mass is 346 g/mol.